The third-order valence-corrected chi connectivity index (χ3v) is 4.33. The highest BCUT2D eigenvalue weighted by Crippen LogP contribution is 2.15. The fraction of sp³-hybridized carbons (Fsp3) is 0.500. The third kappa shape index (κ3) is 5.10. The molecule has 0 aliphatic rings. The molecule has 0 heterocycles. The number of sulfonamides is 1. The van der Waals surface area contributed by atoms with E-state index in [1.807, 2.05) is 6.07 Å². The molecule has 0 fully saturated rings. The monoisotopic (exact) mass is 311 g/mol. The maximum Gasteiger partial charge on any atom is 0.240 e. The first-order chi connectivity index (χ1) is 9.57. The SMILES string of the molecule is Cc1cc(S(=O)(=O)NCC(C)(O)CN(C)C)ccc1C#N. The third-order valence-electron chi connectivity index (χ3n) is 2.93. The van der Waals surface area contributed by atoms with Crippen LogP contribution < -0.4 is 4.72 Å². The van der Waals surface area contributed by atoms with Crippen molar-refractivity contribution < 1.29 is 13.5 Å². The van der Waals surface area contributed by atoms with Crippen molar-refractivity contribution in [1.29, 1.82) is 5.26 Å². The number of hydrogen-bond donors (Lipinski definition) is 2. The molecule has 1 aromatic carbocycles. The number of nitrogens with one attached hydrogen (secondary N) is 1. The first-order valence-electron chi connectivity index (χ1n) is 6.45. The summed E-state index contributed by atoms with van der Waals surface area (Å²) in [5.74, 6) is 0. The normalized spacial score (nSPS) is 14.7. The van der Waals surface area contributed by atoms with Crippen molar-refractivity contribution in [2.75, 3.05) is 27.2 Å². The first kappa shape index (κ1) is 17.6. The van der Waals surface area contributed by atoms with E-state index >= 15 is 0 Å². The van der Waals surface area contributed by atoms with E-state index in [2.05, 4.69) is 4.72 Å². The zero-order valence-electron chi connectivity index (χ0n) is 12.7. The van der Waals surface area contributed by atoms with Crippen LogP contribution in [0.25, 0.3) is 0 Å². The molecule has 0 saturated carbocycles. The fourth-order valence-corrected chi connectivity index (χ4v) is 3.25. The van der Waals surface area contributed by atoms with Crippen LogP contribution in [-0.4, -0.2) is 51.2 Å². The molecule has 7 heteroatoms. The van der Waals surface area contributed by atoms with E-state index < -0.39 is 15.6 Å². The molecule has 0 aliphatic heterocycles. The second-order valence-corrected chi connectivity index (χ2v) is 7.41. The molecule has 0 bridgehead atoms. The molecule has 6 nitrogen and oxygen atoms in total. The van der Waals surface area contributed by atoms with Crippen molar-refractivity contribution in [1.82, 2.24) is 9.62 Å². The van der Waals surface area contributed by atoms with Gasteiger partial charge >= 0.3 is 0 Å². The number of nitrogens with zero attached hydrogens (tertiary/aromatic N) is 2. The molecule has 0 spiro atoms. The average molecular weight is 311 g/mol. The second kappa shape index (κ2) is 6.54. The van der Waals surface area contributed by atoms with Crippen molar-refractivity contribution in [3.63, 3.8) is 0 Å². The van der Waals surface area contributed by atoms with Gasteiger partial charge in [-0.05, 0) is 51.7 Å². The summed E-state index contributed by atoms with van der Waals surface area (Å²) in [5.41, 5.74) is -0.132. The van der Waals surface area contributed by atoms with Crippen LogP contribution in [-0.2, 0) is 10.0 Å². The lowest BCUT2D eigenvalue weighted by Gasteiger charge is -2.27. The Balaban J connectivity index is 2.88. The maximum atomic E-state index is 12.2. The Bertz CT molecular complexity index is 646. The number of benzene rings is 1. The van der Waals surface area contributed by atoms with E-state index in [9.17, 15) is 13.5 Å². The number of rotatable bonds is 6. The summed E-state index contributed by atoms with van der Waals surface area (Å²) in [5, 5.41) is 19.0. The van der Waals surface area contributed by atoms with Crippen LogP contribution in [0.4, 0.5) is 0 Å². The van der Waals surface area contributed by atoms with Gasteiger partial charge in [-0.1, -0.05) is 0 Å². The van der Waals surface area contributed by atoms with Gasteiger partial charge < -0.3 is 10.0 Å². The zero-order chi connectivity index (χ0) is 16.3. The van der Waals surface area contributed by atoms with E-state index in [-0.39, 0.29) is 11.4 Å². The highest BCUT2D eigenvalue weighted by molar-refractivity contribution is 7.89. The first-order valence-corrected chi connectivity index (χ1v) is 7.93. The Morgan fingerprint density at radius 1 is 1.43 bits per heavy atom. The molecule has 0 radical (unpaired) electrons. The van der Waals surface area contributed by atoms with Crippen LogP contribution in [0.3, 0.4) is 0 Å². The number of aliphatic hydroxyl groups is 1. The summed E-state index contributed by atoms with van der Waals surface area (Å²) in [6, 6.07) is 6.29. The number of aryl methyl sites for hydroxylation is 1. The van der Waals surface area contributed by atoms with Crippen molar-refractivity contribution in [3.05, 3.63) is 29.3 Å². The van der Waals surface area contributed by atoms with Gasteiger partial charge in [0, 0.05) is 13.1 Å². The molecular formula is C14H21N3O3S. The van der Waals surface area contributed by atoms with Crippen LogP contribution in [0, 0.1) is 18.3 Å². The highest BCUT2D eigenvalue weighted by atomic mass is 32.2. The smallest absolute Gasteiger partial charge is 0.240 e. The zero-order valence-corrected chi connectivity index (χ0v) is 13.5. The Labute approximate surface area is 126 Å². The summed E-state index contributed by atoms with van der Waals surface area (Å²) in [6.07, 6.45) is 0. The molecule has 116 valence electrons. The predicted molar refractivity (Wildman–Crippen MR) is 80.3 cm³/mol. The molecule has 0 saturated heterocycles. The van der Waals surface area contributed by atoms with Crippen molar-refractivity contribution >= 4 is 10.0 Å². The Kier molecular flexibility index (Phi) is 5.48. The summed E-state index contributed by atoms with van der Waals surface area (Å²) >= 11 is 0. The largest absolute Gasteiger partial charge is 0.387 e. The van der Waals surface area contributed by atoms with Crippen LogP contribution >= 0.6 is 0 Å². The molecule has 1 aromatic rings. The van der Waals surface area contributed by atoms with Gasteiger partial charge in [-0.2, -0.15) is 5.26 Å². The molecule has 0 aromatic heterocycles. The molecule has 2 N–H and O–H groups in total. The minimum Gasteiger partial charge on any atom is -0.387 e. The highest BCUT2D eigenvalue weighted by Gasteiger charge is 2.25. The number of likely N-dealkylation sites (N-methyl/N-ethyl adjacent to an activating group) is 1. The molecule has 1 rings (SSSR count). The van der Waals surface area contributed by atoms with Gasteiger partial charge in [0.2, 0.25) is 10.0 Å². The lowest BCUT2D eigenvalue weighted by molar-refractivity contribution is 0.0386. The number of nitriles is 1. The Hall–Kier alpha value is -1.46. The van der Waals surface area contributed by atoms with Gasteiger partial charge in [0.15, 0.2) is 0 Å². The van der Waals surface area contributed by atoms with E-state index in [1.165, 1.54) is 18.2 Å². The molecule has 0 amide bonds. The molecular weight excluding hydrogens is 290 g/mol. The number of hydrogen-bond acceptors (Lipinski definition) is 5. The van der Waals surface area contributed by atoms with Gasteiger partial charge in [-0.25, -0.2) is 13.1 Å². The quantitative estimate of drug-likeness (QED) is 0.796. The van der Waals surface area contributed by atoms with E-state index in [1.54, 1.807) is 32.8 Å². The molecule has 21 heavy (non-hydrogen) atoms. The van der Waals surface area contributed by atoms with Crippen LogP contribution in [0.2, 0.25) is 0 Å². The van der Waals surface area contributed by atoms with E-state index in [0.717, 1.165) is 0 Å². The predicted octanol–water partition coefficient (Wildman–Crippen LogP) is 0.458. The van der Waals surface area contributed by atoms with Gasteiger partial charge in [0.1, 0.15) is 0 Å². The minimum atomic E-state index is -3.71. The van der Waals surface area contributed by atoms with Crippen LogP contribution in [0.15, 0.2) is 23.1 Å². The van der Waals surface area contributed by atoms with Crippen molar-refractivity contribution in [3.8, 4) is 6.07 Å². The Morgan fingerprint density at radius 3 is 2.52 bits per heavy atom. The Morgan fingerprint density at radius 2 is 2.05 bits per heavy atom. The molecule has 0 aliphatic carbocycles. The molecule has 1 atom stereocenters. The van der Waals surface area contributed by atoms with Gasteiger partial charge in [0.25, 0.3) is 0 Å². The lowest BCUT2D eigenvalue weighted by Crippen LogP contribution is -2.47. The lowest BCUT2D eigenvalue weighted by atomic mass is 10.1. The van der Waals surface area contributed by atoms with Crippen molar-refractivity contribution in [2.24, 2.45) is 0 Å². The van der Waals surface area contributed by atoms with E-state index in [0.29, 0.717) is 17.7 Å². The van der Waals surface area contributed by atoms with Gasteiger partial charge in [0.05, 0.1) is 22.1 Å². The fourth-order valence-electron chi connectivity index (χ4n) is 2.00. The second-order valence-electron chi connectivity index (χ2n) is 5.65. The minimum absolute atomic E-state index is 0.0830. The summed E-state index contributed by atoms with van der Waals surface area (Å²) in [7, 11) is -0.118. The van der Waals surface area contributed by atoms with Crippen LogP contribution in [0.5, 0.6) is 0 Å². The summed E-state index contributed by atoms with van der Waals surface area (Å²) < 4.78 is 26.8. The topological polar surface area (TPSA) is 93.4 Å². The molecule has 1 unspecified atom stereocenters. The standard InChI is InChI=1S/C14H21N3O3S/c1-11-7-13(6-5-12(11)8-15)21(19,20)16-9-14(2,18)10-17(3)4/h5-7,16,18H,9-10H2,1-4H3. The van der Waals surface area contributed by atoms with Crippen LogP contribution in [0.1, 0.15) is 18.1 Å². The maximum absolute atomic E-state index is 12.2. The van der Waals surface area contributed by atoms with Crippen molar-refractivity contribution in [2.45, 2.75) is 24.3 Å². The van der Waals surface area contributed by atoms with Gasteiger partial charge in [-0.15, -0.1) is 0 Å². The summed E-state index contributed by atoms with van der Waals surface area (Å²) in [6.45, 7) is 3.49. The average Bonchev–Trinajstić information content (AvgIpc) is 2.35. The van der Waals surface area contributed by atoms with Gasteiger partial charge in [-0.3, -0.25) is 0 Å². The van der Waals surface area contributed by atoms with E-state index in [4.69, 9.17) is 5.26 Å². The summed E-state index contributed by atoms with van der Waals surface area (Å²) in [4.78, 5) is 1.86.